The van der Waals surface area contributed by atoms with Gasteiger partial charge in [0, 0.05) is 37.1 Å². The number of rotatable bonds is 7. The van der Waals surface area contributed by atoms with Crippen LogP contribution in [0.1, 0.15) is 28.5 Å². The number of ether oxygens (including phenoxy) is 1. The van der Waals surface area contributed by atoms with Crippen molar-refractivity contribution in [2.75, 3.05) is 48.4 Å². The number of halogens is 3. The van der Waals surface area contributed by atoms with Gasteiger partial charge in [0.1, 0.15) is 17.3 Å². The Labute approximate surface area is 212 Å². The Kier molecular flexibility index (Phi) is 7.94. The number of aliphatic hydroxyl groups excluding tert-OH is 1. The van der Waals surface area contributed by atoms with E-state index in [9.17, 15) is 23.1 Å². The summed E-state index contributed by atoms with van der Waals surface area (Å²) in [7, 11) is 0. The molecule has 0 aliphatic carbocycles. The molecular formula is C26H28F3N5O3. The van der Waals surface area contributed by atoms with Gasteiger partial charge in [0.15, 0.2) is 0 Å². The summed E-state index contributed by atoms with van der Waals surface area (Å²) in [5.41, 5.74) is 1.74. The van der Waals surface area contributed by atoms with E-state index in [2.05, 4.69) is 20.5 Å². The summed E-state index contributed by atoms with van der Waals surface area (Å²) in [5.74, 6) is 0.662. The Morgan fingerprint density at radius 2 is 1.92 bits per heavy atom. The van der Waals surface area contributed by atoms with Crippen LogP contribution in [0.15, 0.2) is 48.7 Å². The number of nitrogens with zero attached hydrogens (tertiary/aromatic N) is 3. The van der Waals surface area contributed by atoms with Gasteiger partial charge in [-0.1, -0.05) is 6.07 Å². The van der Waals surface area contributed by atoms with Crippen molar-refractivity contribution in [3.05, 3.63) is 65.5 Å². The van der Waals surface area contributed by atoms with Crippen LogP contribution in [-0.2, 0) is 10.9 Å². The van der Waals surface area contributed by atoms with E-state index in [1.807, 2.05) is 25.1 Å². The number of anilines is 3. The number of amides is 1. The minimum atomic E-state index is -4.65. The van der Waals surface area contributed by atoms with Gasteiger partial charge < -0.3 is 25.4 Å². The van der Waals surface area contributed by atoms with E-state index in [4.69, 9.17) is 9.72 Å². The molecule has 1 saturated heterocycles. The molecule has 1 aromatic carbocycles. The third kappa shape index (κ3) is 6.75. The molecular weight excluding hydrogens is 487 g/mol. The highest BCUT2D eigenvalue weighted by molar-refractivity contribution is 6.04. The first kappa shape index (κ1) is 26.4. The zero-order chi connectivity index (χ0) is 26.6. The van der Waals surface area contributed by atoms with E-state index < -0.39 is 23.9 Å². The Morgan fingerprint density at radius 1 is 1.16 bits per heavy atom. The molecule has 3 N–H and O–H groups in total. The molecule has 0 saturated carbocycles. The Hall–Kier alpha value is -3.70. The smallest absolute Gasteiger partial charge is 0.392 e. The summed E-state index contributed by atoms with van der Waals surface area (Å²) in [4.78, 5) is 22.8. The number of pyridine rings is 2. The Bertz CT molecular complexity index is 1260. The first-order chi connectivity index (χ1) is 17.6. The van der Waals surface area contributed by atoms with Crippen LogP contribution in [-0.4, -0.2) is 59.9 Å². The largest absolute Gasteiger partial charge is 0.433 e. The Balaban J connectivity index is 1.64. The molecule has 3 heterocycles. The van der Waals surface area contributed by atoms with Gasteiger partial charge in [0.2, 0.25) is 0 Å². The van der Waals surface area contributed by atoms with Crippen molar-refractivity contribution in [2.45, 2.75) is 26.1 Å². The lowest BCUT2D eigenvalue weighted by molar-refractivity contribution is -0.141. The first-order valence-electron chi connectivity index (χ1n) is 11.8. The third-order valence-electron chi connectivity index (χ3n) is 5.84. The van der Waals surface area contributed by atoms with Crippen molar-refractivity contribution in [3.8, 4) is 11.1 Å². The van der Waals surface area contributed by atoms with Gasteiger partial charge in [0.05, 0.1) is 19.3 Å². The molecule has 37 heavy (non-hydrogen) atoms. The van der Waals surface area contributed by atoms with Crippen LogP contribution in [0.5, 0.6) is 0 Å². The van der Waals surface area contributed by atoms with Crippen molar-refractivity contribution in [2.24, 2.45) is 0 Å². The van der Waals surface area contributed by atoms with E-state index in [-0.39, 0.29) is 5.56 Å². The number of aryl methyl sites for hydroxylation is 1. The SMILES string of the molecule is Cc1ccc(NC(=O)c2ccnc(C(F)(F)F)c2)cc1-c1cc(NC[C@@H](C)O)nc(N2CCOCC2)c1. The minimum Gasteiger partial charge on any atom is -0.392 e. The fourth-order valence-corrected chi connectivity index (χ4v) is 3.91. The van der Waals surface area contributed by atoms with Gasteiger partial charge in [-0.2, -0.15) is 13.2 Å². The summed E-state index contributed by atoms with van der Waals surface area (Å²) in [6.07, 6.45) is -4.25. The number of alkyl halides is 3. The quantitative estimate of drug-likeness (QED) is 0.430. The van der Waals surface area contributed by atoms with Crippen LogP contribution >= 0.6 is 0 Å². The zero-order valence-electron chi connectivity index (χ0n) is 20.5. The van der Waals surface area contributed by atoms with Crippen molar-refractivity contribution < 1.29 is 27.8 Å². The number of hydrogen-bond donors (Lipinski definition) is 3. The Morgan fingerprint density at radius 3 is 2.62 bits per heavy atom. The van der Waals surface area contributed by atoms with E-state index in [1.54, 1.807) is 19.1 Å². The van der Waals surface area contributed by atoms with Crippen LogP contribution in [0.4, 0.5) is 30.5 Å². The molecule has 196 valence electrons. The lowest BCUT2D eigenvalue weighted by Gasteiger charge is -2.28. The van der Waals surface area contributed by atoms with Crippen LogP contribution in [0.25, 0.3) is 11.1 Å². The van der Waals surface area contributed by atoms with E-state index in [1.165, 1.54) is 6.07 Å². The van der Waals surface area contributed by atoms with E-state index >= 15 is 0 Å². The number of nitrogens with one attached hydrogen (secondary N) is 2. The summed E-state index contributed by atoms with van der Waals surface area (Å²) in [6.45, 7) is 6.48. The average molecular weight is 516 g/mol. The van der Waals surface area contributed by atoms with Gasteiger partial charge in [-0.25, -0.2) is 4.98 Å². The second-order valence-electron chi connectivity index (χ2n) is 8.84. The molecule has 0 spiro atoms. The van der Waals surface area contributed by atoms with Gasteiger partial charge in [-0.15, -0.1) is 0 Å². The maximum Gasteiger partial charge on any atom is 0.433 e. The number of benzene rings is 1. The molecule has 8 nitrogen and oxygen atoms in total. The van der Waals surface area contributed by atoms with E-state index in [0.717, 1.165) is 34.8 Å². The summed E-state index contributed by atoms with van der Waals surface area (Å²) >= 11 is 0. The van der Waals surface area contributed by atoms with Crippen molar-refractivity contribution in [3.63, 3.8) is 0 Å². The fourth-order valence-electron chi connectivity index (χ4n) is 3.91. The van der Waals surface area contributed by atoms with Crippen LogP contribution in [0, 0.1) is 6.92 Å². The molecule has 2 aromatic heterocycles. The predicted molar refractivity (Wildman–Crippen MR) is 135 cm³/mol. The monoisotopic (exact) mass is 515 g/mol. The van der Waals surface area contributed by atoms with Gasteiger partial charge >= 0.3 is 6.18 Å². The fraction of sp³-hybridized carbons (Fsp3) is 0.346. The highest BCUT2D eigenvalue weighted by Gasteiger charge is 2.33. The molecule has 1 aliphatic rings. The van der Waals surface area contributed by atoms with Crippen molar-refractivity contribution in [1.82, 2.24) is 9.97 Å². The summed E-state index contributed by atoms with van der Waals surface area (Å²) in [5, 5.41) is 15.5. The predicted octanol–water partition coefficient (Wildman–Crippen LogP) is 4.35. The molecule has 1 atom stereocenters. The first-order valence-corrected chi connectivity index (χ1v) is 11.8. The highest BCUT2D eigenvalue weighted by Crippen LogP contribution is 2.32. The zero-order valence-corrected chi connectivity index (χ0v) is 20.5. The molecule has 11 heteroatoms. The van der Waals surface area contributed by atoms with Crippen LogP contribution in [0.2, 0.25) is 0 Å². The molecule has 0 bridgehead atoms. The number of carbonyl (C=O) groups excluding carboxylic acids is 1. The molecule has 1 aliphatic heterocycles. The topological polar surface area (TPSA) is 99.6 Å². The molecule has 3 aromatic rings. The standard InChI is InChI=1S/C26H28F3N5O3/c1-16-3-4-20(32-25(36)18-5-6-30-22(11-18)26(27,28)29)14-21(16)19-12-23(31-15-17(2)35)33-24(13-19)34-7-9-37-10-8-34/h3-6,11-14,17,35H,7-10,15H2,1-2H3,(H,31,33)(H,32,36)/t17-/m1/s1. The lowest BCUT2D eigenvalue weighted by Crippen LogP contribution is -2.36. The molecule has 0 radical (unpaired) electrons. The third-order valence-corrected chi connectivity index (χ3v) is 5.84. The highest BCUT2D eigenvalue weighted by atomic mass is 19.4. The van der Waals surface area contributed by atoms with Crippen LogP contribution in [0.3, 0.4) is 0 Å². The maximum absolute atomic E-state index is 13.0. The minimum absolute atomic E-state index is 0.146. The van der Waals surface area contributed by atoms with Crippen LogP contribution < -0.4 is 15.5 Å². The number of carbonyl (C=O) groups is 1. The van der Waals surface area contributed by atoms with Crippen molar-refractivity contribution >= 4 is 23.2 Å². The second kappa shape index (κ2) is 11.1. The number of morpholine rings is 1. The van der Waals surface area contributed by atoms with Gasteiger partial charge in [-0.05, 0) is 66.9 Å². The number of hydrogen-bond acceptors (Lipinski definition) is 7. The molecule has 4 rings (SSSR count). The normalized spacial score (nSPS) is 14.8. The number of aliphatic hydroxyl groups is 1. The van der Waals surface area contributed by atoms with Gasteiger partial charge in [0.25, 0.3) is 5.91 Å². The average Bonchev–Trinajstić information content (AvgIpc) is 2.88. The molecule has 1 fully saturated rings. The lowest BCUT2D eigenvalue weighted by atomic mass is 10.00. The van der Waals surface area contributed by atoms with E-state index in [0.29, 0.717) is 44.4 Å². The number of aromatic nitrogens is 2. The molecule has 1 amide bonds. The van der Waals surface area contributed by atoms with Crippen molar-refractivity contribution in [1.29, 1.82) is 0 Å². The molecule has 0 unspecified atom stereocenters. The maximum atomic E-state index is 13.0. The van der Waals surface area contributed by atoms with Gasteiger partial charge in [-0.3, -0.25) is 9.78 Å². The summed E-state index contributed by atoms with van der Waals surface area (Å²) < 4.78 is 44.5. The summed E-state index contributed by atoms with van der Waals surface area (Å²) in [6, 6.07) is 11.1. The second-order valence-corrected chi connectivity index (χ2v) is 8.84.